The second-order valence-corrected chi connectivity index (χ2v) is 8.04. The minimum absolute atomic E-state index is 0.0416. The number of likely N-dealkylation sites (tertiary alicyclic amines) is 1. The first kappa shape index (κ1) is 18.2. The van der Waals surface area contributed by atoms with Gasteiger partial charge >= 0.3 is 0 Å². The molecule has 1 saturated carbocycles. The van der Waals surface area contributed by atoms with Gasteiger partial charge in [0.2, 0.25) is 5.91 Å². The Labute approximate surface area is 151 Å². The Kier molecular flexibility index (Phi) is 6.00. The predicted molar refractivity (Wildman–Crippen MR) is 101 cm³/mol. The third kappa shape index (κ3) is 4.75. The minimum atomic E-state index is -0.0416. The molecule has 25 heavy (non-hydrogen) atoms. The monoisotopic (exact) mass is 344 g/mol. The third-order valence-corrected chi connectivity index (χ3v) is 6.18. The Morgan fingerprint density at radius 2 is 1.68 bits per heavy atom. The molecular formula is C21H32N2O2. The van der Waals surface area contributed by atoms with Crippen molar-refractivity contribution in [1.82, 2.24) is 10.2 Å². The first-order valence-electron chi connectivity index (χ1n) is 9.86. The van der Waals surface area contributed by atoms with Gasteiger partial charge in [-0.2, -0.15) is 0 Å². The van der Waals surface area contributed by atoms with Crippen molar-refractivity contribution in [2.45, 2.75) is 70.4 Å². The Morgan fingerprint density at radius 3 is 2.28 bits per heavy atom. The average Bonchev–Trinajstić information content (AvgIpc) is 2.64. The van der Waals surface area contributed by atoms with Crippen molar-refractivity contribution in [3.05, 3.63) is 29.8 Å². The van der Waals surface area contributed by atoms with E-state index in [4.69, 9.17) is 0 Å². The van der Waals surface area contributed by atoms with Crippen molar-refractivity contribution in [1.29, 1.82) is 0 Å². The lowest BCUT2D eigenvalue weighted by Gasteiger charge is -2.36. The summed E-state index contributed by atoms with van der Waals surface area (Å²) >= 11 is 0. The van der Waals surface area contributed by atoms with Crippen molar-refractivity contribution in [3.8, 4) is 5.75 Å². The molecule has 1 saturated heterocycles. The molecule has 1 aliphatic carbocycles. The summed E-state index contributed by atoms with van der Waals surface area (Å²) in [6, 6.07) is 7.91. The SMILES string of the molecule is CC1CCC(NC(=O)C(C)N2CCC(c3ccc(O)cc3)CC2)CC1. The molecule has 1 unspecified atom stereocenters. The normalized spacial score (nSPS) is 27.0. The van der Waals surface area contributed by atoms with E-state index < -0.39 is 0 Å². The van der Waals surface area contributed by atoms with Gasteiger partial charge in [0.05, 0.1) is 6.04 Å². The lowest BCUT2D eigenvalue weighted by atomic mass is 9.87. The average molecular weight is 344 g/mol. The number of hydrogen-bond acceptors (Lipinski definition) is 3. The fourth-order valence-corrected chi connectivity index (χ4v) is 4.26. The number of benzene rings is 1. The molecule has 0 aromatic heterocycles. The molecule has 0 bridgehead atoms. The minimum Gasteiger partial charge on any atom is -0.508 e. The van der Waals surface area contributed by atoms with Crippen molar-refractivity contribution in [3.63, 3.8) is 0 Å². The van der Waals surface area contributed by atoms with Crippen molar-refractivity contribution >= 4 is 5.91 Å². The Morgan fingerprint density at radius 1 is 1.08 bits per heavy atom. The first-order chi connectivity index (χ1) is 12.0. The van der Waals surface area contributed by atoms with Crippen LogP contribution >= 0.6 is 0 Å². The van der Waals surface area contributed by atoms with Crippen molar-refractivity contribution in [2.24, 2.45) is 5.92 Å². The Bertz CT molecular complexity index is 556. The first-order valence-corrected chi connectivity index (χ1v) is 9.86. The molecule has 1 atom stereocenters. The summed E-state index contributed by atoms with van der Waals surface area (Å²) in [5.41, 5.74) is 1.30. The zero-order valence-corrected chi connectivity index (χ0v) is 15.6. The molecule has 1 heterocycles. The van der Waals surface area contributed by atoms with Crippen LogP contribution in [0.1, 0.15) is 63.9 Å². The molecule has 138 valence electrons. The second-order valence-electron chi connectivity index (χ2n) is 8.04. The maximum absolute atomic E-state index is 12.6. The van der Waals surface area contributed by atoms with Gasteiger partial charge in [0, 0.05) is 6.04 Å². The van der Waals surface area contributed by atoms with E-state index in [0.717, 1.165) is 44.7 Å². The molecule has 0 spiro atoms. The highest BCUT2D eigenvalue weighted by atomic mass is 16.3. The van der Waals surface area contributed by atoms with Crippen molar-refractivity contribution < 1.29 is 9.90 Å². The number of aromatic hydroxyl groups is 1. The van der Waals surface area contributed by atoms with Crippen LogP contribution in [-0.2, 0) is 4.79 Å². The summed E-state index contributed by atoms with van der Waals surface area (Å²) in [4.78, 5) is 14.9. The van der Waals surface area contributed by atoms with E-state index in [2.05, 4.69) is 17.1 Å². The molecule has 1 aliphatic heterocycles. The number of phenols is 1. The van der Waals surface area contributed by atoms with Gasteiger partial charge in [0.25, 0.3) is 0 Å². The van der Waals surface area contributed by atoms with E-state index in [1.54, 1.807) is 12.1 Å². The van der Waals surface area contributed by atoms with E-state index >= 15 is 0 Å². The van der Waals surface area contributed by atoms with Crippen LogP contribution in [0.5, 0.6) is 5.75 Å². The standard InChI is InChI=1S/C21H32N2O2/c1-15-3-7-19(8-4-15)22-21(25)16(2)23-13-11-18(12-14-23)17-5-9-20(24)10-6-17/h5-6,9-10,15-16,18-19,24H,3-4,7-8,11-14H2,1-2H3,(H,22,25). The van der Waals surface area contributed by atoms with E-state index in [1.807, 2.05) is 19.1 Å². The lowest BCUT2D eigenvalue weighted by molar-refractivity contribution is -0.127. The summed E-state index contributed by atoms with van der Waals surface area (Å²) in [5.74, 6) is 1.86. The zero-order chi connectivity index (χ0) is 17.8. The number of phenolic OH excluding ortho intramolecular Hbond substituents is 1. The number of piperidine rings is 1. The number of rotatable bonds is 4. The summed E-state index contributed by atoms with van der Waals surface area (Å²) in [6.07, 6.45) is 6.87. The van der Waals surface area contributed by atoms with E-state index in [0.29, 0.717) is 17.7 Å². The fraction of sp³-hybridized carbons (Fsp3) is 0.667. The molecule has 1 aromatic carbocycles. The highest BCUT2D eigenvalue weighted by Crippen LogP contribution is 2.30. The molecule has 0 radical (unpaired) electrons. The van der Waals surface area contributed by atoms with E-state index in [-0.39, 0.29) is 11.9 Å². The quantitative estimate of drug-likeness (QED) is 0.876. The molecule has 1 amide bonds. The number of carbonyl (C=O) groups is 1. The van der Waals surface area contributed by atoms with E-state index in [1.165, 1.54) is 18.4 Å². The summed E-state index contributed by atoms with van der Waals surface area (Å²) in [5, 5.41) is 12.7. The Balaban J connectivity index is 1.46. The number of nitrogens with zero attached hydrogens (tertiary/aromatic N) is 1. The predicted octanol–water partition coefficient (Wildman–Crippen LogP) is 3.66. The number of hydrogen-bond donors (Lipinski definition) is 2. The van der Waals surface area contributed by atoms with Gasteiger partial charge in [-0.3, -0.25) is 9.69 Å². The third-order valence-electron chi connectivity index (χ3n) is 6.18. The fourth-order valence-electron chi connectivity index (χ4n) is 4.26. The van der Waals surface area contributed by atoms with Crippen LogP contribution in [0.4, 0.5) is 0 Å². The second kappa shape index (κ2) is 8.22. The molecule has 4 nitrogen and oxygen atoms in total. The van der Waals surface area contributed by atoms with Gasteiger partial charge in [0.1, 0.15) is 5.75 Å². The molecule has 2 aliphatic rings. The summed E-state index contributed by atoms with van der Waals surface area (Å²) < 4.78 is 0. The Hall–Kier alpha value is -1.55. The molecule has 4 heteroatoms. The van der Waals surface area contributed by atoms with Crippen LogP contribution in [0, 0.1) is 5.92 Å². The number of amides is 1. The largest absolute Gasteiger partial charge is 0.508 e. The molecule has 3 rings (SSSR count). The number of carbonyl (C=O) groups excluding carboxylic acids is 1. The molecule has 2 N–H and O–H groups in total. The van der Waals surface area contributed by atoms with Crippen LogP contribution in [0.15, 0.2) is 24.3 Å². The van der Waals surface area contributed by atoms with E-state index in [9.17, 15) is 9.90 Å². The lowest BCUT2D eigenvalue weighted by Crippen LogP contribution is -2.50. The number of nitrogens with one attached hydrogen (secondary N) is 1. The topological polar surface area (TPSA) is 52.6 Å². The van der Waals surface area contributed by atoms with Crippen molar-refractivity contribution in [2.75, 3.05) is 13.1 Å². The molecule has 1 aromatic rings. The maximum atomic E-state index is 12.6. The summed E-state index contributed by atoms with van der Waals surface area (Å²) in [6.45, 7) is 6.27. The van der Waals surface area contributed by atoms with Crippen LogP contribution in [0.25, 0.3) is 0 Å². The van der Waals surface area contributed by atoms with Gasteiger partial charge in [-0.15, -0.1) is 0 Å². The van der Waals surface area contributed by atoms with Gasteiger partial charge in [-0.1, -0.05) is 19.1 Å². The van der Waals surface area contributed by atoms with Crippen LogP contribution in [0.3, 0.4) is 0 Å². The van der Waals surface area contributed by atoms with Crippen LogP contribution in [-0.4, -0.2) is 41.1 Å². The smallest absolute Gasteiger partial charge is 0.237 e. The van der Waals surface area contributed by atoms with Crippen LogP contribution in [0.2, 0.25) is 0 Å². The highest BCUT2D eigenvalue weighted by Gasteiger charge is 2.29. The van der Waals surface area contributed by atoms with Gasteiger partial charge in [-0.05, 0) is 88.1 Å². The zero-order valence-electron chi connectivity index (χ0n) is 15.6. The maximum Gasteiger partial charge on any atom is 0.237 e. The van der Waals surface area contributed by atoms with Crippen LogP contribution < -0.4 is 5.32 Å². The van der Waals surface area contributed by atoms with Gasteiger partial charge in [0.15, 0.2) is 0 Å². The molecule has 2 fully saturated rings. The summed E-state index contributed by atoms with van der Waals surface area (Å²) in [7, 11) is 0. The van der Waals surface area contributed by atoms with Gasteiger partial charge in [-0.25, -0.2) is 0 Å². The highest BCUT2D eigenvalue weighted by molar-refractivity contribution is 5.81. The van der Waals surface area contributed by atoms with Gasteiger partial charge < -0.3 is 10.4 Å². The molecular weight excluding hydrogens is 312 g/mol.